The van der Waals surface area contributed by atoms with Crippen LogP contribution >= 0.6 is 0 Å². The summed E-state index contributed by atoms with van der Waals surface area (Å²) < 4.78 is 14.5. The van der Waals surface area contributed by atoms with Gasteiger partial charge in [-0.15, -0.1) is 0 Å². The summed E-state index contributed by atoms with van der Waals surface area (Å²) in [5, 5.41) is 29.3. The average Bonchev–Trinajstić information content (AvgIpc) is 3.56. The van der Waals surface area contributed by atoms with Gasteiger partial charge in [-0.2, -0.15) is 0 Å². The number of nitrogens with zero attached hydrogens (tertiary/aromatic N) is 1. The number of epoxide rings is 1. The fourth-order valence-corrected chi connectivity index (χ4v) is 19.1. The Balaban J connectivity index is 0.999. The highest BCUT2D eigenvalue weighted by molar-refractivity contribution is 6.02. The van der Waals surface area contributed by atoms with E-state index in [2.05, 4.69) is 87.9 Å². The van der Waals surface area contributed by atoms with E-state index in [1.807, 2.05) is 7.05 Å². The third kappa shape index (κ3) is 6.98. The van der Waals surface area contributed by atoms with E-state index < -0.39 is 34.1 Å². The minimum absolute atomic E-state index is 0.106. The second kappa shape index (κ2) is 16.7. The summed E-state index contributed by atoms with van der Waals surface area (Å²) in [4.78, 5) is 33.5. The molecule has 6 fully saturated rings. The van der Waals surface area contributed by atoms with E-state index in [1.165, 1.54) is 71.8 Å². The number of benzene rings is 1. The number of nitrogens with one attached hydrogen (secondary N) is 2. The smallest absolute Gasteiger partial charge is 0.160 e. The predicted molar refractivity (Wildman–Crippen MR) is 275 cm³/mol. The lowest BCUT2D eigenvalue weighted by Crippen LogP contribution is -2.68. The lowest BCUT2D eigenvalue weighted by atomic mass is 9.34. The van der Waals surface area contributed by atoms with E-state index in [4.69, 9.17) is 9.47 Å². The molecule has 3 aromatic rings. The number of Topliss-reactive ketones (excluding diaryl/α,β-unsaturated/α-hetero) is 2. The number of allylic oxidation sites excluding steroid dienone is 1. The van der Waals surface area contributed by atoms with Crippen LogP contribution in [-0.2, 0) is 44.9 Å². The topological polar surface area (TPSA) is 129 Å². The maximum absolute atomic E-state index is 15.5. The fourth-order valence-electron chi connectivity index (χ4n) is 19.1. The van der Waals surface area contributed by atoms with Crippen molar-refractivity contribution in [3.63, 3.8) is 0 Å². The van der Waals surface area contributed by atoms with E-state index in [-0.39, 0.29) is 40.5 Å². The normalized spacial score (nSPS) is 40.6. The maximum atomic E-state index is 15.5. The summed E-state index contributed by atoms with van der Waals surface area (Å²) in [6.45, 7) is 18.9. The molecule has 5 heterocycles. The van der Waals surface area contributed by atoms with Crippen molar-refractivity contribution in [3.8, 4) is 0 Å². The number of ether oxygens (including phenoxy) is 2. The molecule has 9 nitrogen and oxygen atoms in total. The molecular weight excluding hydrogens is 871 g/mol. The van der Waals surface area contributed by atoms with Gasteiger partial charge < -0.3 is 34.6 Å². The number of aliphatic hydroxyl groups is 2. The van der Waals surface area contributed by atoms with E-state index in [0.717, 1.165) is 82.6 Å². The molecule has 0 bridgehead atoms. The molecule has 6 aliphatic carbocycles. The first-order valence-corrected chi connectivity index (χ1v) is 28.3. The second-order valence-corrected chi connectivity index (χ2v) is 26.8. The van der Waals surface area contributed by atoms with Gasteiger partial charge in [0.25, 0.3) is 0 Å². The van der Waals surface area contributed by atoms with Gasteiger partial charge in [0.2, 0.25) is 0 Å². The number of H-pyrrole nitrogens is 1. The minimum atomic E-state index is -0.725. The minimum Gasteiger partial charge on any atom is -0.392 e. The van der Waals surface area contributed by atoms with Crippen LogP contribution in [0.15, 0.2) is 35.7 Å². The van der Waals surface area contributed by atoms with Crippen molar-refractivity contribution < 1.29 is 29.3 Å². The Hall–Kier alpha value is -3.08. The predicted octanol–water partition coefficient (Wildman–Crippen LogP) is 10.8. The quantitative estimate of drug-likeness (QED) is 0.157. The van der Waals surface area contributed by atoms with Crippen LogP contribution in [0, 0.1) is 50.7 Å². The lowest BCUT2D eigenvalue weighted by Gasteiger charge is -2.70. The number of hydrogen-bond donors (Lipinski definition) is 4. The van der Waals surface area contributed by atoms with E-state index in [1.54, 1.807) is 16.7 Å². The molecule has 4 N–H and O–H groups in total. The third-order valence-electron chi connectivity index (χ3n) is 22.7. The molecule has 0 spiro atoms. The Morgan fingerprint density at radius 3 is 2.41 bits per heavy atom. The molecule has 13 atom stereocenters. The standard InChI is InChI=1S/C61H85N3O6/c1-56(2)55(70-56)46(66)30-57(3)20-15-38-32-63-51-39(27-35-28-42(37-18-25-69-26-19-37)41-14-13-36-11-9-10-12-40(36)43(41)29-35)33-64(52(38)51)34-44-49-50(57)45(65)31-61(49,7)60(6)22-16-47-58(4,23-24-62-8)48(67)17-21-59(47,5)54(60)53(44)68/h28-29,32-33,36-37,40,44,46-47,53-55,62-63,66,68H,9-27,30-31,34H2,1-8H3/t36-,40-,44-,46-,47+,53-,54-,55-,57+,58+,59-,60+,61+/m1/s1. The number of aromatic nitrogens is 2. The highest BCUT2D eigenvalue weighted by Gasteiger charge is 2.73. The molecule has 380 valence electrons. The highest BCUT2D eigenvalue weighted by Crippen LogP contribution is 2.76. The highest BCUT2D eigenvalue weighted by atomic mass is 16.6. The van der Waals surface area contributed by atoms with Crippen molar-refractivity contribution in [1.82, 2.24) is 14.9 Å². The van der Waals surface area contributed by atoms with Crippen LogP contribution < -0.4 is 5.32 Å². The Labute approximate surface area is 418 Å². The van der Waals surface area contributed by atoms with Crippen molar-refractivity contribution >= 4 is 22.6 Å². The Morgan fingerprint density at radius 1 is 0.900 bits per heavy atom. The van der Waals surface area contributed by atoms with Crippen molar-refractivity contribution in [2.24, 2.45) is 50.7 Å². The monoisotopic (exact) mass is 956 g/mol. The molecule has 9 heteroatoms. The summed E-state index contributed by atoms with van der Waals surface area (Å²) >= 11 is 0. The van der Waals surface area contributed by atoms with Gasteiger partial charge >= 0.3 is 0 Å². The first-order chi connectivity index (χ1) is 33.3. The molecule has 12 rings (SSSR count). The summed E-state index contributed by atoms with van der Waals surface area (Å²) in [5.74, 6) is 2.31. The molecule has 9 aliphatic rings. The number of aryl methyl sites for hydroxylation is 1. The molecule has 0 radical (unpaired) electrons. The van der Waals surface area contributed by atoms with Crippen LogP contribution in [0.3, 0.4) is 0 Å². The van der Waals surface area contributed by atoms with E-state index in [9.17, 15) is 15.0 Å². The largest absolute Gasteiger partial charge is 0.392 e. The lowest BCUT2D eigenvalue weighted by molar-refractivity contribution is -0.222. The van der Waals surface area contributed by atoms with Crippen molar-refractivity contribution in [3.05, 3.63) is 69.1 Å². The van der Waals surface area contributed by atoms with Crippen molar-refractivity contribution in [1.29, 1.82) is 0 Å². The average molecular weight is 956 g/mol. The molecule has 2 saturated heterocycles. The molecule has 70 heavy (non-hydrogen) atoms. The molecule has 0 amide bonds. The van der Waals surface area contributed by atoms with Gasteiger partial charge in [0.05, 0.1) is 28.8 Å². The van der Waals surface area contributed by atoms with Crippen LogP contribution in [0.25, 0.3) is 11.0 Å². The number of hydrogen-bond acceptors (Lipinski definition) is 7. The summed E-state index contributed by atoms with van der Waals surface area (Å²) in [5.41, 5.74) is 10.6. The molecular formula is C61H85N3O6. The Morgan fingerprint density at radius 2 is 1.66 bits per heavy atom. The van der Waals surface area contributed by atoms with Crippen LogP contribution in [0.1, 0.15) is 190 Å². The van der Waals surface area contributed by atoms with Gasteiger partial charge in [0, 0.05) is 73.7 Å². The van der Waals surface area contributed by atoms with Gasteiger partial charge in [-0.05, 0) is 196 Å². The maximum Gasteiger partial charge on any atom is 0.160 e. The number of aliphatic hydroxyl groups excluding tert-OH is 2. The Kier molecular flexibility index (Phi) is 11.4. The summed E-state index contributed by atoms with van der Waals surface area (Å²) in [6, 6.07) is 5.22. The first kappa shape index (κ1) is 47.9. The number of aromatic amines is 1. The number of fused-ring (bicyclic) bond motifs is 7. The van der Waals surface area contributed by atoms with Gasteiger partial charge in [0.1, 0.15) is 11.9 Å². The number of ketones is 2. The van der Waals surface area contributed by atoms with Crippen molar-refractivity contribution in [2.45, 2.75) is 206 Å². The van der Waals surface area contributed by atoms with E-state index in [0.29, 0.717) is 49.8 Å². The molecule has 0 unspecified atom stereocenters. The summed E-state index contributed by atoms with van der Waals surface area (Å²) in [7, 11) is 1.98. The van der Waals surface area contributed by atoms with Gasteiger partial charge in [0.15, 0.2) is 5.78 Å². The zero-order valence-electron chi connectivity index (χ0n) is 44.0. The van der Waals surface area contributed by atoms with Crippen molar-refractivity contribution in [2.75, 3.05) is 26.8 Å². The van der Waals surface area contributed by atoms with Gasteiger partial charge in [-0.1, -0.05) is 59.6 Å². The number of carbonyl (C=O) groups excluding carboxylic acids is 2. The molecule has 3 aliphatic heterocycles. The fraction of sp³-hybridized carbons (Fsp3) is 0.738. The second-order valence-electron chi connectivity index (χ2n) is 26.8. The first-order valence-electron chi connectivity index (χ1n) is 28.3. The Bertz CT molecular complexity index is 2620. The van der Waals surface area contributed by atoms with Crippen LogP contribution in [0.5, 0.6) is 0 Å². The van der Waals surface area contributed by atoms with Gasteiger partial charge in [-0.3, -0.25) is 9.59 Å². The third-order valence-corrected chi connectivity index (χ3v) is 22.7. The molecule has 2 aromatic heterocycles. The molecule has 4 saturated carbocycles. The van der Waals surface area contributed by atoms with Gasteiger partial charge in [-0.25, -0.2) is 0 Å². The molecule has 1 aromatic carbocycles. The summed E-state index contributed by atoms with van der Waals surface area (Å²) in [6.07, 6.45) is 20.1. The van der Waals surface area contributed by atoms with E-state index >= 15 is 4.79 Å². The number of rotatable bonds is 9. The van der Waals surface area contributed by atoms with Crippen LogP contribution in [-0.4, -0.2) is 82.0 Å². The zero-order valence-corrected chi connectivity index (χ0v) is 44.0. The zero-order chi connectivity index (χ0) is 48.9. The van der Waals surface area contributed by atoms with Crippen LogP contribution in [0.4, 0.5) is 0 Å². The van der Waals surface area contributed by atoms with Crippen LogP contribution in [0.2, 0.25) is 0 Å². The SMILES string of the molecule is CNCC[C@]1(C)C(=O)CC[C@@]2(C)[C@H]3[C@H](O)[C@@H]4Cn5cc(Cc6cc(C7CCOCC7)c7c(c6)[C@@H]6CCCC[C@@H]6CC7)c6[nH]cc(c65)CC[C@@](C)(C[C@@H](O)[C@H]5OC5(C)C)C5=C4[C@](C)(CC5=O)[C@@]3(C)CC[C@H]21. The number of carbonyl (C=O) groups is 2.